The van der Waals surface area contributed by atoms with Gasteiger partial charge in [0.05, 0.1) is 5.69 Å². The second-order valence-corrected chi connectivity index (χ2v) is 4.27. The number of nitrogens with one attached hydrogen (secondary N) is 1. The number of halogens is 4. The highest BCUT2D eigenvalue weighted by Gasteiger charge is 2.11. The number of carbonyl (C=O) groups excluding carboxylic acids is 1. The van der Waals surface area contributed by atoms with Crippen molar-refractivity contribution in [3.8, 4) is 0 Å². The van der Waals surface area contributed by atoms with Crippen LogP contribution in [0.25, 0.3) is 0 Å². The van der Waals surface area contributed by atoms with E-state index in [2.05, 4.69) is 5.32 Å². The number of amides is 1. The van der Waals surface area contributed by atoms with Crippen molar-refractivity contribution < 1.29 is 22.4 Å². The first-order chi connectivity index (χ1) is 9.88. The van der Waals surface area contributed by atoms with E-state index in [0.29, 0.717) is 12.1 Å². The van der Waals surface area contributed by atoms with Crippen LogP contribution in [0.5, 0.6) is 0 Å². The van der Waals surface area contributed by atoms with Gasteiger partial charge in [-0.05, 0) is 24.3 Å². The van der Waals surface area contributed by atoms with Crippen molar-refractivity contribution in [2.24, 2.45) is 5.73 Å². The molecule has 0 aliphatic rings. The molecule has 0 fully saturated rings. The van der Waals surface area contributed by atoms with Crippen LogP contribution in [-0.2, 0) is 6.54 Å². The van der Waals surface area contributed by atoms with E-state index in [9.17, 15) is 22.4 Å². The van der Waals surface area contributed by atoms with E-state index in [1.807, 2.05) is 0 Å². The number of rotatable bonds is 4. The second kappa shape index (κ2) is 5.82. The third-order valence-corrected chi connectivity index (χ3v) is 2.81. The highest BCUT2D eigenvalue weighted by molar-refractivity contribution is 5.93. The van der Waals surface area contributed by atoms with E-state index >= 15 is 0 Å². The molecule has 2 rings (SSSR count). The Kier molecular flexibility index (Phi) is 4.11. The number of carbonyl (C=O) groups is 1. The van der Waals surface area contributed by atoms with Crippen LogP contribution in [0.4, 0.5) is 23.2 Å². The first kappa shape index (κ1) is 14.8. The molecule has 0 aromatic heterocycles. The number of hydrogen-bond acceptors (Lipinski definition) is 2. The standard InChI is InChI=1S/C14H10F4N2O/c15-9-2-1-7(14(19)21)4-13(9)20-6-8-3-11(17)12(18)5-10(8)16/h1-5,20H,6H2,(H2,19,21). The van der Waals surface area contributed by atoms with Gasteiger partial charge < -0.3 is 11.1 Å². The molecule has 1 amide bonds. The summed E-state index contributed by atoms with van der Waals surface area (Å²) < 4.78 is 52.8. The molecule has 0 heterocycles. The lowest BCUT2D eigenvalue weighted by molar-refractivity contribution is 0.100. The third kappa shape index (κ3) is 3.31. The number of nitrogens with two attached hydrogens (primary N) is 1. The number of primary amides is 1. The van der Waals surface area contributed by atoms with Gasteiger partial charge in [0.25, 0.3) is 0 Å². The number of hydrogen-bond donors (Lipinski definition) is 2. The van der Waals surface area contributed by atoms with Crippen LogP contribution in [0, 0.1) is 23.3 Å². The maximum absolute atomic E-state index is 13.5. The lowest BCUT2D eigenvalue weighted by Gasteiger charge is -2.10. The van der Waals surface area contributed by atoms with Gasteiger partial charge in [-0.1, -0.05) is 0 Å². The zero-order valence-corrected chi connectivity index (χ0v) is 10.6. The molecular weight excluding hydrogens is 288 g/mol. The Bertz CT molecular complexity index is 704. The zero-order chi connectivity index (χ0) is 15.6. The summed E-state index contributed by atoms with van der Waals surface area (Å²) in [7, 11) is 0. The summed E-state index contributed by atoms with van der Waals surface area (Å²) >= 11 is 0. The van der Waals surface area contributed by atoms with E-state index in [1.54, 1.807) is 0 Å². The predicted octanol–water partition coefficient (Wildman–Crippen LogP) is 2.95. The van der Waals surface area contributed by atoms with Gasteiger partial charge >= 0.3 is 0 Å². The number of benzene rings is 2. The molecule has 0 aliphatic carbocycles. The van der Waals surface area contributed by atoms with Crippen LogP contribution in [0.1, 0.15) is 15.9 Å². The Morgan fingerprint density at radius 2 is 1.62 bits per heavy atom. The maximum atomic E-state index is 13.5. The largest absolute Gasteiger partial charge is 0.378 e. The van der Waals surface area contributed by atoms with Crippen LogP contribution in [-0.4, -0.2) is 5.91 Å². The zero-order valence-electron chi connectivity index (χ0n) is 10.6. The molecule has 0 aliphatic heterocycles. The topological polar surface area (TPSA) is 55.1 Å². The summed E-state index contributed by atoms with van der Waals surface area (Å²) in [5, 5.41) is 2.50. The average molecular weight is 298 g/mol. The molecule has 110 valence electrons. The van der Waals surface area contributed by atoms with Gasteiger partial charge in [-0.3, -0.25) is 4.79 Å². The second-order valence-electron chi connectivity index (χ2n) is 4.27. The van der Waals surface area contributed by atoms with Crippen LogP contribution in [0.15, 0.2) is 30.3 Å². The average Bonchev–Trinajstić information content (AvgIpc) is 2.42. The Balaban J connectivity index is 2.22. The van der Waals surface area contributed by atoms with E-state index in [0.717, 1.165) is 12.1 Å². The smallest absolute Gasteiger partial charge is 0.248 e. The van der Waals surface area contributed by atoms with Crippen molar-refractivity contribution in [1.29, 1.82) is 0 Å². The van der Waals surface area contributed by atoms with Crippen molar-refractivity contribution in [1.82, 2.24) is 0 Å². The number of anilines is 1. The maximum Gasteiger partial charge on any atom is 0.248 e. The molecule has 0 unspecified atom stereocenters. The molecule has 21 heavy (non-hydrogen) atoms. The van der Waals surface area contributed by atoms with Gasteiger partial charge in [-0.25, -0.2) is 17.6 Å². The fraction of sp³-hybridized carbons (Fsp3) is 0.0714. The molecule has 3 N–H and O–H groups in total. The lowest BCUT2D eigenvalue weighted by Crippen LogP contribution is -2.12. The Morgan fingerprint density at radius 1 is 0.952 bits per heavy atom. The van der Waals surface area contributed by atoms with Crippen LogP contribution < -0.4 is 11.1 Å². The summed E-state index contributed by atoms with van der Waals surface area (Å²) in [5.74, 6) is -4.93. The molecular formula is C14H10F4N2O. The minimum Gasteiger partial charge on any atom is -0.378 e. The SMILES string of the molecule is NC(=O)c1ccc(F)c(NCc2cc(F)c(F)cc2F)c1. The first-order valence-electron chi connectivity index (χ1n) is 5.85. The third-order valence-electron chi connectivity index (χ3n) is 2.81. The molecule has 2 aromatic carbocycles. The summed E-state index contributed by atoms with van der Waals surface area (Å²) in [5.41, 5.74) is 4.84. The van der Waals surface area contributed by atoms with Gasteiger partial charge in [0.2, 0.25) is 5.91 Å². The van der Waals surface area contributed by atoms with Gasteiger partial charge in [-0.2, -0.15) is 0 Å². The van der Waals surface area contributed by atoms with E-state index in [-0.39, 0.29) is 23.4 Å². The molecule has 0 spiro atoms. The first-order valence-corrected chi connectivity index (χ1v) is 5.85. The van der Waals surface area contributed by atoms with Gasteiger partial charge in [-0.15, -0.1) is 0 Å². The van der Waals surface area contributed by atoms with Gasteiger partial charge in [0.1, 0.15) is 11.6 Å². The molecule has 0 radical (unpaired) electrons. The molecule has 0 atom stereocenters. The Hall–Kier alpha value is -2.57. The summed E-state index contributed by atoms with van der Waals surface area (Å²) in [6, 6.07) is 4.44. The lowest BCUT2D eigenvalue weighted by atomic mass is 10.1. The quantitative estimate of drug-likeness (QED) is 0.673. The molecule has 0 saturated heterocycles. The molecule has 2 aromatic rings. The minimum absolute atomic E-state index is 0.0599. The Labute approximate surface area is 117 Å². The minimum atomic E-state index is -1.31. The van der Waals surface area contributed by atoms with Crippen molar-refractivity contribution >= 4 is 11.6 Å². The summed E-state index contributed by atoms with van der Waals surface area (Å²) in [4.78, 5) is 11.0. The van der Waals surface area contributed by atoms with Gasteiger partial charge in [0.15, 0.2) is 11.6 Å². The monoisotopic (exact) mass is 298 g/mol. The molecule has 0 bridgehead atoms. The Morgan fingerprint density at radius 3 is 2.29 bits per heavy atom. The molecule has 3 nitrogen and oxygen atoms in total. The van der Waals surface area contributed by atoms with Crippen LogP contribution >= 0.6 is 0 Å². The van der Waals surface area contributed by atoms with Gasteiger partial charge in [0, 0.05) is 23.7 Å². The molecule has 7 heteroatoms. The normalized spacial score (nSPS) is 10.5. The highest BCUT2D eigenvalue weighted by atomic mass is 19.2. The summed E-state index contributed by atoms with van der Waals surface area (Å²) in [6.45, 7) is -0.290. The van der Waals surface area contributed by atoms with E-state index < -0.39 is 29.2 Å². The van der Waals surface area contributed by atoms with Crippen molar-refractivity contribution in [2.75, 3.05) is 5.32 Å². The molecule has 0 saturated carbocycles. The summed E-state index contributed by atoms with van der Waals surface area (Å²) in [6.07, 6.45) is 0. The van der Waals surface area contributed by atoms with Crippen molar-refractivity contribution in [2.45, 2.75) is 6.54 Å². The predicted molar refractivity (Wildman–Crippen MR) is 68.6 cm³/mol. The van der Waals surface area contributed by atoms with Crippen molar-refractivity contribution in [3.05, 3.63) is 64.7 Å². The fourth-order valence-electron chi connectivity index (χ4n) is 1.70. The van der Waals surface area contributed by atoms with E-state index in [1.165, 1.54) is 6.07 Å². The van der Waals surface area contributed by atoms with Crippen molar-refractivity contribution in [3.63, 3.8) is 0 Å². The van der Waals surface area contributed by atoms with E-state index in [4.69, 9.17) is 5.73 Å². The van der Waals surface area contributed by atoms with Crippen LogP contribution in [0.2, 0.25) is 0 Å². The van der Waals surface area contributed by atoms with Crippen LogP contribution in [0.3, 0.4) is 0 Å². The fourth-order valence-corrected chi connectivity index (χ4v) is 1.70. The highest BCUT2D eigenvalue weighted by Crippen LogP contribution is 2.19.